The Morgan fingerprint density at radius 3 is 2.86 bits per heavy atom. The summed E-state index contributed by atoms with van der Waals surface area (Å²) < 4.78 is 4.92. The molecule has 0 bridgehead atoms. The molecule has 1 amide bonds. The summed E-state index contributed by atoms with van der Waals surface area (Å²) in [4.78, 5) is 16.6. The zero-order valence-electron chi connectivity index (χ0n) is 11.0. The van der Waals surface area contributed by atoms with Crippen molar-refractivity contribution in [3.05, 3.63) is 58.1 Å². The number of anilines is 1. The maximum atomic E-state index is 12.2. The lowest BCUT2D eigenvalue weighted by molar-refractivity contribution is 0.102. The lowest BCUT2D eigenvalue weighted by Crippen LogP contribution is -2.12. The first-order chi connectivity index (χ1) is 10.1. The van der Waals surface area contributed by atoms with Crippen LogP contribution in [-0.2, 0) is 0 Å². The molecule has 0 radical (unpaired) electrons. The van der Waals surface area contributed by atoms with Gasteiger partial charge in [-0.1, -0.05) is 11.6 Å². The highest BCUT2D eigenvalue weighted by molar-refractivity contribution is 6.37. The van der Waals surface area contributed by atoms with E-state index in [9.17, 15) is 4.79 Å². The fraction of sp³-hybridized carbons (Fsp3) is 0.0667. The van der Waals surface area contributed by atoms with Crippen LogP contribution in [0.3, 0.4) is 0 Å². The molecule has 3 rings (SSSR count). The summed E-state index contributed by atoms with van der Waals surface area (Å²) in [6, 6.07) is 6.91. The molecule has 0 saturated carbocycles. The van der Waals surface area contributed by atoms with E-state index in [1.165, 1.54) is 12.3 Å². The van der Waals surface area contributed by atoms with Gasteiger partial charge in [0.1, 0.15) is 0 Å². The number of pyridine rings is 1. The van der Waals surface area contributed by atoms with Gasteiger partial charge in [0.2, 0.25) is 5.22 Å². The SMILES string of the molecule is Cc1cc(Cl)c(NC(=O)c2ccoc2Cl)c2cccnc12. The maximum Gasteiger partial charge on any atom is 0.260 e. The van der Waals surface area contributed by atoms with Crippen LogP contribution < -0.4 is 5.32 Å². The van der Waals surface area contributed by atoms with Crippen molar-refractivity contribution in [2.45, 2.75) is 6.92 Å². The van der Waals surface area contributed by atoms with Crippen molar-refractivity contribution < 1.29 is 9.21 Å². The molecule has 0 saturated heterocycles. The fourth-order valence-corrected chi connectivity index (χ4v) is 2.66. The van der Waals surface area contributed by atoms with E-state index in [4.69, 9.17) is 27.6 Å². The number of aromatic nitrogens is 1. The number of carbonyl (C=O) groups is 1. The van der Waals surface area contributed by atoms with Crippen LogP contribution in [0.25, 0.3) is 10.9 Å². The second-order valence-corrected chi connectivity index (χ2v) is 5.26. The number of fused-ring (bicyclic) bond motifs is 1. The van der Waals surface area contributed by atoms with E-state index in [1.807, 2.05) is 13.0 Å². The van der Waals surface area contributed by atoms with Crippen LogP contribution in [0.15, 0.2) is 41.1 Å². The van der Waals surface area contributed by atoms with Gasteiger partial charge in [0.05, 0.1) is 28.1 Å². The van der Waals surface area contributed by atoms with Crippen LogP contribution in [0.5, 0.6) is 0 Å². The molecular weight excluding hydrogens is 311 g/mol. The van der Waals surface area contributed by atoms with E-state index in [2.05, 4.69) is 10.3 Å². The number of hydrogen-bond acceptors (Lipinski definition) is 3. The number of furan rings is 1. The molecular formula is C15H10Cl2N2O2. The van der Waals surface area contributed by atoms with Crippen LogP contribution >= 0.6 is 23.2 Å². The van der Waals surface area contributed by atoms with Crippen LogP contribution in [0.1, 0.15) is 15.9 Å². The Morgan fingerprint density at radius 2 is 2.14 bits per heavy atom. The molecule has 0 aliphatic heterocycles. The van der Waals surface area contributed by atoms with Gasteiger partial charge in [0.25, 0.3) is 5.91 Å². The highest BCUT2D eigenvalue weighted by atomic mass is 35.5. The number of carbonyl (C=O) groups excluding carboxylic acids is 1. The van der Waals surface area contributed by atoms with Crippen molar-refractivity contribution >= 4 is 45.7 Å². The summed E-state index contributed by atoms with van der Waals surface area (Å²) in [6.45, 7) is 1.92. The number of nitrogens with zero attached hydrogens (tertiary/aromatic N) is 1. The quantitative estimate of drug-likeness (QED) is 0.744. The van der Waals surface area contributed by atoms with E-state index >= 15 is 0 Å². The molecule has 1 N–H and O–H groups in total. The second kappa shape index (κ2) is 5.39. The molecule has 0 aliphatic carbocycles. The van der Waals surface area contributed by atoms with Crippen molar-refractivity contribution in [3.8, 4) is 0 Å². The largest absolute Gasteiger partial charge is 0.452 e. The summed E-state index contributed by atoms with van der Waals surface area (Å²) in [5.41, 5.74) is 2.49. The third-order valence-electron chi connectivity index (χ3n) is 3.13. The molecule has 4 nitrogen and oxygen atoms in total. The van der Waals surface area contributed by atoms with Gasteiger partial charge in [-0.05, 0) is 48.4 Å². The maximum absolute atomic E-state index is 12.2. The van der Waals surface area contributed by atoms with Gasteiger partial charge in [0.15, 0.2) is 0 Å². The third-order valence-corrected chi connectivity index (χ3v) is 3.72. The van der Waals surface area contributed by atoms with Crippen molar-refractivity contribution in [1.29, 1.82) is 0 Å². The molecule has 3 aromatic rings. The molecule has 2 heterocycles. The topological polar surface area (TPSA) is 55.1 Å². The van der Waals surface area contributed by atoms with Crippen molar-refractivity contribution in [2.24, 2.45) is 0 Å². The monoisotopic (exact) mass is 320 g/mol. The minimum absolute atomic E-state index is 0.0400. The van der Waals surface area contributed by atoms with Crippen LogP contribution in [-0.4, -0.2) is 10.9 Å². The molecule has 2 aromatic heterocycles. The van der Waals surface area contributed by atoms with Crippen molar-refractivity contribution in [3.63, 3.8) is 0 Å². The average Bonchev–Trinajstić information content (AvgIpc) is 2.89. The molecule has 6 heteroatoms. The summed E-state index contributed by atoms with van der Waals surface area (Å²) >= 11 is 12.1. The number of nitrogens with one attached hydrogen (secondary N) is 1. The molecule has 21 heavy (non-hydrogen) atoms. The molecule has 0 aliphatic rings. The van der Waals surface area contributed by atoms with Gasteiger partial charge in [0, 0.05) is 11.6 Å². The molecule has 0 unspecified atom stereocenters. The zero-order valence-corrected chi connectivity index (χ0v) is 12.5. The van der Waals surface area contributed by atoms with E-state index in [-0.39, 0.29) is 16.7 Å². The fourth-order valence-electron chi connectivity index (χ4n) is 2.14. The summed E-state index contributed by atoms with van der Waals surface area (Å²) in [5.74, 6) is -0.385. The average molecular weight is 321 g/mol. The summed E-state index contributed by atoms with van der Waals surface area (Å²) in [6.07, 6.45) is 3.05. The van der Waals surface area contributed by atoms with E-state index in [1.54, 1.807) is 18.3 Å². The Bertz CT molecular complexity index is 843. The van der Waals surface area contributed by atoms with Gasteiger partial charge in [-0.3, -0.25) is 9.78 Å². The Morgan fingerprint density at radius 1 is 1.33 bits per heavy atom. The number of aryl methyl sites for hydroxylation is 1. The zero-order chi connectivity index (χ0) is 15.0. The van der Waals surface area contributed by atoms with Gasteiger partial charge in [-0.15, -0.1) is 0 Å². The van der Waals surface area contributed by atoms with Crippen LogP contribution in [0, 0.1) is 6.92 Å². The highest BCUT2D eigenvalue weighted by Crippen LogP contribution is 2.33. The molecule has 106 valence electrons. The molecule has 0 spiro atoms. The third kappa shape index (κ3) is 2.48. The lowest BCUT2D eigenvalue weighted by Gasteiger charge is -2.11. The minimum Gasteiger partial charge on any atom is -0.452 e. The Labute approximate surface area is 130 Å². The number of hydrogen-bond donors (Lipinski definition) is 1. The number of benzene rings is 1. The van der Waals surface area contributed by atoms with E-state index < -0.39 is 0 Å². The highest BCUT2D eigenvalue weighted by Gasteiger charge is 2.17. The van der Waals surface area contributed by atoms with Gasteiger partial charge >= 0.3 is 0 Å². The van der Waals surface area contributed by atoms with Gasteiger partial charge < -0.3 is 9.73 Å². The van der Waals surface area contributed by atoms with Crippen LogP contribution in [0.2, 0.25) is 10.2 Å². The number of amides is 1. The molecule has 0 atom stereocenters. The number of halogens is 2. The first-order valence-electron chi connectivity index (χ1n) is 6.16. The molecule has 0 fully saturated rings. The first kappa shape index (κ1) is 13.9. The predicted octanol–water partition coefficient (Wildman–Crippen LogP) is 4.70. The normalized spacial score (nSPS) is 10.8. The van der Waals surface area contributed by atoms with Gasteiger partial charge in [-0.25, -0.2) is 0 Å². The standard InChI is InChI=1S/C15H10Cl2N2O2/c1-8-7-11(16)13(9-3-2-5-18-12(8)9)19-15(20)10-4-6-21-14(10)17/h2-7H,1H3,(H,19,20). The lowest BCUT2D eigenvalue weighted by atomic mass is 10.1. The Balaban J connectivity index is 2.09. The van der Waals surface area contributed by atoms with E-state index in [0.29, 0.717) is 10.7 Å². The number of rotatable bonds is 2. The minimum atomic E-state index is -0.385. The van der Waals surface area contributed by atoms with Crippen LogP contribution in [0.4, 0.5) is 5.69 Å². The Kier molecular flexibility index (Phi) is 3.57. The molecule has 1 aromatic carbocycles. The summed E-state index contributed by atoms with van der Waals surface area (Å²) in [5, 5.41) is 4.03. The van der Waals surface area contributed by atoms with E-state index in [0.717, 1.165) is 16.5 Å². The smallest absolute Gasteiger partial charge is 0.260 e. The van der Waals surface area contributed by atoms with Gasteiger partial charge in [-0.2, -0.15) is 0 Å². The van der Waals surface area contributed by atoms with Crippen molar-refractivity contribution in [1.82, 2.24) is 4.98 Å². The predicted molar refractivity (Wildman–Crippen MR) is 83.2 cm³/mol. The van der Waals surface area contributed by atoms with Crippen molar-refractivity contribution in [2.75, 3.05) is 5.32 Å². The second-order valence-electron chi connectivity index (χ2n) is 4.51. The summed E-state index contributed by atoms with van der Waals surface area (Å²) in [7, 11) is 0. The first-order valence-corrected chi connectivity index (χ1v) is 6.91. The Hall–Kier alpha value is -2.04.